The predicted octanol–water partition coefficient (Wildman–Crippen LogP) is 2.99. The van der Waals surface area contributed by atoms with Crippen molar-refractivity contribution in [2.24, 2.45) is 0 Å². The van der Waals surface area contributed by atoms with Gasteiger partial charge < -0.3 is 4.74 Å². The largest absolute Gasteiger partial charge is 0.475 e. The Balaban J connectivity index is 4.64. The van der Waals surface area contributed by atoms with Crippen molar-refractivity contribution in [2.75, 3.05) is 19.8 Å². The number of carbonyl (C=O) groups excluding carboxylic acids is 1. The number of ether oxygens (including phenoxy) is 1. The van der Waals surface area contributed by atoms with Crippen molar-refractivity contribution >= 4 is 13.8 Å². The molecule has 1 atom stereocenters. The average molecular weight is 298 g/mol. The fourth-order valence-corrected chi connectivity index (χ4v) is 2.42. The quantitative estimate of drug-likeness (QED) is 0.370. The fourth-order valence-electron chi connectivity index (χ4n) is 1.12. The highest BCUT2D eigenvalue weighted by Crippen LogP contribution is 2.50. The molecule has 0 saturated carbocycles. The smallest absolute Gasteiger partial charge is 0.461 e. The number of carbonyl (C=O) groups is 1. The molecule has 0 aliphatic rings. The molecule has 8 heteroatoms. The van der Waals surface area contributed by atoms with E-state index in [4.69, 9.17) is 13.6 Å². The van der Waals surface area contributed by atoms with Crippen molar-refractivity contribution in [1.29, 1.82) is 0 Å². The summed E-state index contributed by atoms with van der Waals surface area (Å²) >= 11 is 0. The summed E-state index contributed by atoms with van der Waals surface area (Å²) in [6.07, 6.45) is -0.115. The lowest BCUT2D eigenvalue weighted by Crippen LogP contribution is -2.11. The van der Waals surface area contributed by atoms with E-state index >= 15 is 0 Å². The summed E-state index contributed by atoms with van der Waals surface area (Å²) in [5.74, 6) is -2.21. The van der Waals surface area contributed by atoms with E-state index < -0.39 is 25.7 Å². The molecule has 0 aliphatic heterocycles. The van der Waals surface area contributed by atoms with Gasteiger partial charge in [0.05, 0.1) is 25.9 Å². The molecule has 0 saturated heterocycles. The summed E-state index contributed by atoms with van der Waals surface area (Å²) < 4.78 is 44.5. The minimum Gasteiger partial charge on any atom is -0.461 e. The normalized spacial score (nSPS) is 14.3. The van der Waals surface area contributed by atoms with Gasteiger partial charge in [-0.15, -0.1) is 0 Å². The topological polar surface area (TPSA) is 71.1 Å². The average Bonchev–Trinajstić information content (AvgIpc) is 2.28. The molecule has 0 spiro atoms. The zero-order valence-electron chi connectivity index (χ0n) is 11.6. The van der Waals surface area contributed by atoms with Crippen molar-refractivity contribution in [1.82, 2.24) is 0 Å². The van der Waals surface area contributed by atoms with Crippen LogP contribution in [-0.4, -0.2) is 31.9 Å². The van der Waals surface area contributed by atoms with Gasteiger partial charge in [-0.1, -0.05) is 0 Å². The zero-order chi connectivity index (χ0) is 14.9. The minimum absolute atomic E-state index is 0.0612. The monoisotopic (exact) mass is 298 g/mol. The van der Waals surface area contributed by atoms with Gasteiger partial charge >= 0.3 is 13.8 Å². The number of esters is 1. The number of halogens is 1. The third-order valence-electron chi connectivity index (χ3n) is 1.72. The first-order valence-electron chi connectivity index (χ1n) is 6.00. The van der Waals surface area contributed by atoms with E-state index in [9.17, 15) is 13.8 Å². The van der Waals surface area contributed by atoms with Crippen LogP contribution in [0.25, 0.3) is 0 Å². The first-order valence-corrected chi connectivity index (χ1v) is 7.46. The molecule has 0 heterocycles. The number of hydrogen-bond donors (Lipinski definition) is 0. The highest BCUT2D eigenvalue weighted by Gasteiger charge is 2.28. The Morgan fingerprint density at radius 2 is 1.74 bits per heavy atom. The van der Waals surface area contributed by atoms with Gasteiger partial charge in [-0.25, -0.2) is 9.36 Å². The molecule has 0 bridgehead atoms. The molecule has 0 aliphatic carbocycles. The van der Waals surface area contributed by atoms with E-state index in [-0.39, 0.29) is 19.8 Å². The Bertz CT molecular complexity index is 347. The highest BCUT2D eigenvalue weighted by molar-refractivity contribution is 7.48. The maximum Gasteiger partial charge on any atom is 0.475 e. The number of phosphoric acid groups is 1. The van der Waals surface area contributed by atoms with Crippen LogP contribution in [0, 0.1) is 0 Å². The molecule has 0 aromatic heterocycles. The Kier molecular flexibility index (Phi) is 8.84. The van der Waals surface area contributed by atoms with Crippen LogP contribution in [0.4, 0.5) is 4.39 Å². The maximum absolute atomic E-state index is 13.3. The Morgan fingerprint density at radius 3 is 2.16 bits per heavy atom. The summed E-state index contributed by atoms with van der Waals surface area (Å²) in [5.41, 5.74) is 0. The summed E-state index contributed by atoms with van der Waals surface area (Å²) in [7, 11) is -3.74. The molecular formula is C11H20FO6P. The van der Waals surface area contributed by atoms with Gasteiger partial charge in [-0.3, -0.25) is 13.6 Å². The maximum atomic E-state index is 13.3. The Morgan fingerprint density at radius 1 is 1.21 bits per heavy atom. The van der Waals surface area contributed by atoms with E-state index in [1.54, 1.807) is 20.8 Å². The second-order valence-electron chi connectivity index (χ2n) is 3.33. The molecule has 0 N–H and O–H groups in total. The van der Waals surface area contributed by atoms with Crippen LogP contribution in [0.5, 0.6) is 0 Å². The molecule has 0 aromatic carbocycles. The molecule has 0 radical (unpaired) electrons. The second kappa shape index (κ2) is 9.20. The van der Waals surface area contributed by atoms with Crippen LogP contribution in [-0.2, 0) is 27.7 Å². The van der Waals surface area contributed by atoms with Crippen LogP contribution < -0.4 is 0 Å². The molecule has 0 aromatic rings. The Hall–Kier alpha value is -0.750. The van der Waals surface area contributed by atoms with Gasteiger partial charge in [-0.2, -0.15) is 4.39 Å². The number of rotatable bonds is 9. The number of hydrogen-bond acceptors (Lipinski definition) is 6. The van der Waals surface area contributed by atoms with Gasteiger partial charge in [-0.05, 0) is 33.8 Å². The predicted molar refractivity (Wildman–Crippen MR) is 67.2 cm³/mol. The summed E-state index contributed by atoms with van der Waals surface area (Å²) in [6.45, 7) is 6.50. The standard InChI is InChI=1S/C11H20FO6P/c1-5-15-11(13)10(12)8-9(4)18-19(14,16-6-2)17-7-3/h8-9H,5-7H2,1-4H3/b10-8+/t9-/m0/s1. The molecule has 0 amide bonds. The van der Waals surface area contributed by atoms with Crippen molar-refractivity contribution in [2.45, 2.75) is 33.8 Å². The third kappa shape index (κ3) is 7.42. The van der Waals surface area contributed by atoms with E-state index in [2.05, 4.69) is 4.74 Å². The van der Waals surface area contributed by atoms with Gasteiger partial charge in [0, 0.05) is 0 Å². The minimum atomic E-state index is -3.74. The van der Waals surface area contributed by atoms with Crippen LogP contribution in [0.1, 0.15) is 27.7 Å². The second-order valence-corrected chi connectivity index (χ2v) is 4.95. The molecule has 0 unspecified atom stereocenters. The van der Waals surface area contributed by atoms with Crippen molar-refractivity contribution in [3.05, 3.63) is 11.9 Å². The molecule has 6 nitrogen and oxygen atoms in total. The third-order valence-corrected chi connectivity index (χ3v) is 3.46. The SMILES string of the molecule is CCOC(=O)/C(F)=C\[C@H](C)OP(=O)(OCC)OCC. The van der Waals surface area contributed by atoms with E-state index in [1.165, 1.54) is 6.92 Å². The van der Waals surface area contributed by atoms with E-state index in [0.717, 1.165) is 6.08 Å². The number of phosphoric ester groups is 1. The van der Waals surface area contributed by atoms with Crippen molar-refractivity contribution < 1.29 is 32.1 Å². The summed E-state index contributed by atoms with van der Waals surface area (Å²) in [6, 6.07) is 0. The first kappa shape index (κ1) is 18.2. The van der Waals surface area contributed by atoms with Crippen LogP contribution in [0.2, 0.25) is 0 Å². The summed E-state index contributed by atoms with van der Waals surface area (Å²) in [5, 5.41) is 0. The zero-order valence-corrected chi connectivity index (χ0v) is 12.4. The van der Waals surface area contributed by atoms with Crippen molar-refractivity contribution in [3.8, 4) is 0 Å². The lowest BCUT2D eigenvalue weighted by atomic mass is 10.3. The molecular weight excluding hydrogens is 278 g/mol. The lowest BCUT2D eigenvalue weighted by Gasteiger charge is -2.18. The van der Waals surface area contributed by atoms with E-state index in [1.807, 2.05) is 0 Å². The molecule has 0 fully saturated rings. The van der Waals surface area contributed by atoms with Crippen LogP contribution >= 0.6 is 7.82 Å². The van der Waals surface area contributed by atoms with Gasteiger partial charge in [0.2, 0.25) is 5.83 Å². The molecule has 112 valence electrons. The van der Waals surface area contributed by atoms with E-state index in [0.29, 0.717) is 0 Å². The fraction of sp³-hybridized carbons (Fsp3) is 0.727. The first-order chi connectivity index (χ1) is 8.88. The van der Waals surface area contributed by atoms with Crippen LogP contribution in [0.15, 0.2) is 11.9 Å². The van der Waals surface area contributed by atoms with Crippen molar-refractivity contribution in [3.63, 3.8) is 0 Å². The molecule has 19 heavy (non-hydrogen) atoms. The summed E-state index contributed by atoms with van der Waals surface area (Å²) in [4.78, 5) is 11.0. The van der Waals surface area contributed by atoms with Gasteiger partial charge in [0.1, 0.15) is 0 Å². The van der Waals surface area contributed by atoms with Gasteiger partial charge in [0.25, 0.3) is 0 Å². The lowest BCUT2D eigenvalue weighted by molar-refractivity contribution is -0.140. The highest BCUT2D eigenvalue weighted by atomic mass is 31.2. The molecule has 0 rings (SSSR count). The Labute approximate surface area is 112 Å². The van der Waals surface area contributed by atoms with Gasteiger partial charge in [0.15, 0.2) is 0 Å². The van der Waals surface area contributed by atoms with Crippen LogP contribution in [0.3, 0.4) is 0 Å².